The Morgan fingerprint density at radius 2 is 0.816 bits per heavy atom. The highest BCUT2D eigenvalue weighted by atomic mass is 16.7. The Bertz CT molecular complexity index is 2590. The summed E-state index contributed by atoms with van der Waals surface area (Å²) in [5.41, 5.74) is 4.24. The van der Waals surface area contributed by atoms with Crippen LogP contribution in [0.25, 0.3) is 0 Å². The van der Waals surface area contributed by atoms with Crippen LogP contribution in [0.2, 0.25) is 0 Å². The van der Waals surface area contributed by atoms with Crippen molar-refractivity contribution in [2.24, 2.45) is 16.2 Å². The average molecular weight is 1040 g/mol. The maximum absolute atomic E-state index is 12.1. The summed E-state index contributed by atoms with van der Waals surface area (Å²) in [4.78, 5) is 45.1. The molecule has 0 aromatic heterocycles. The molecule has 16 heteroatoms. The number of carbonyl (C=O) groups is 4. The first kappa shape index (κ1) is 58.0. The lowest BCUT2D eigenvalue weighted by Gasteiger charge is -2.36. The van der Waals surface area contributed by atoms with Gasteiger partial charge in [0.05, 0.1) is 62.9 Å². The molecule has 0 aliphatic carbocycles. The van der Waals surface area contributed by atoms with Gasteiger partial charge < -0.3 is 58.0 Å². The molecule has 0 spiro atoms. The molecule has 0 unspecified atom stereocenters. The summed E-state index contributed by atoms with van der Waals surface area (Å²) < 4.78 is 49.9. The van der Waals surface area contributed by atoms with Gasteiger partial charge in [-0.3, -0.25) is 4.79 Å². The summed E-state index contributed by atoms with van der Waals surface area (Å²) in [6, 6.07) is 48.3. The Morgan fingerprint density at radius 1 is 0.487 bits per heavy atom. The fraction of sp³-hybridized carbons (Fsp3) is 0.333. The number of carboxylic acids is 1. The third-order valence-corrected chi connectivity index (χ3v) is 12.0. The van der Waals surface area contributed by atoms with Crippen LogP contribution < -0.4 is 4.74 Å². The largest absolute Gasteiger partial charge is 0.508 e. The van der Waals surface area contributed by atoms with Crippen LogP contribution in [0.5, 0.6) is 11.5 Å². The second-order valence-electron chi connectivity index (χ2n) is 19.7. The smallest absolute Gasteiger partial charge is 0.338 e. The second kappa shape index (κ2) is 28.0. The Morgan fingerprint density at radius 3 is 1.14 bits per heavy atom. The molecule has 6 aromatic carbocycles. The number of carboxylic acid groups (broad SMARTS) is 1. The number of aryl methyl sites for hydroxylation is 1. The molecular formula is C60H66O16. The highest BCUT2D eigenvalue weighted by molar-refractivity contribution is 5.90. The van der Waals surface area contributed by atoms with Crippen LogP contribution in [0, 0.1) is 23.2 Å². The van der Waals surface area contributed by atoms with Gasteiger partial charge in [-0.05, 0) is 67.6 Å². The van der Waals surface area contributed by atoms with Crippen molar-refractivity contribution < 1.29 is 77.1 Å². The molecule has 0 bridgehead atoms. The summed E-state index contributed by atoms with van der Waals surface area (Å²) in [7, 11) is 0. The van der Waals surface area contributed by atoms with Crippen molar-refractivity contribution in [2.75, 3.05) is 59.5 Å². The number of phenols is 1. The first-order valence-electron chi connectivity index (χ1n) is 24.6. The number of aliphatic hydroxyl groups excluding tert-OH is 1. The SMILES string of the molecule is CC(=O)Oc1ccc(C(=O)O)cc1.CC1(CO)COC(c2ccccc2)OC1.CC1(COC(=O)c2ccc(O)cc2)COC(c2ccccc2)OC1.Cc1ccc(C(=O)OCC2(C)COC(c3ccccc3)OC2)cc1. The van der Waals surface area contributed by atoms with E-state index in [1.165, 1.54) is 55.5 Å². The van der Waals surface area contributed by atoms with Crippen molar-refractivity contribution in [3.8, 4) is 11.5 Å². The van der Waals surface area contributed by atoms with Gasteiger partial charge in [-0.1, -0.05) is 129 Å². The molecule has 0 amide bonds. The average Bonchev–Trinajstić information content (AvgIpc) is 3.44. The molecule has 3 saturated heterocycles. The molecule has 3 heterocycles. The van der Waals surface area contributed by atoms with Gasteiger partial charge in [-0.25, -0.2) is 14.4 Å². The Labute approximate surface area is 443 Å². The standard InChI is InChI=1S/C20H22O4.C19H20O5.C12H16O3.C9H8O4/c1-15-8-10-16(11-9-15)18(21)22-12-20(2)13-23-19(24-14-20)17-6-4-3-5-7-17;1-19(11-22-17(21)14-7-9-16(20)10-8-14)12-23-18(24-13-19)15-5-3-2-4-6-15;1-12(7-13)8-14-11(15-9-12)10-5-3-2-4-6-10;1-6(10)13-8-4-2-7(3-5-8)9(11)12/h3-11,19H,12-14H2,1-2H3;2-10,18,20H,11-13H2,1H3;2-6,11,13H,7-9H2,1H3;2-5H,1H3,(H,11,12). The van der Waals surface area contributed by atoms with Crippen LogP contribution in [0.4, 0.5) is 0 Å². The number of hydrogen-bond acceptors (Lipinski definition) is 15. The van der Waals surface area contributed by atoms with Gasteiger partial charge in [0.2, 0.25) is 0 Å². The van der Waals surface area contributed by atoms with E-state index in [0.29, 0.717) is 56.5 Å². The lowest BCUT2D eigenvalue weighted by Crippen LogP contribution is -2.40. The number of carbonyl (C=O) groups excluding carboxylic acids is 3. The Hall–Kier alpha value is -7.28. The van der Waals surface area contributed by atoms with E-state index in [-0.39, 0.29) is 66.8 Å². The molecular weight excluding hydrogens is 977 g/mol. The molecule has 6 aromatic rings. The monoisotopic (exact) mass is 1040 g/mol. The van der Waals surface area contributed by atoms with Crippen molar-refractivity contribution in [3.63, 3.8) is 0 Å². The number of phenolic OH excluding ortho intramolecular Hbond substituents is 1. The van der Waals surface area contributed by atoms with Crippen LogP contribution >= 0.6 is 0 Å². The van der Waals surface area contributed by atoms with Crippen molar-refractivity contribution in [1.82, 2.24) is 0 Å². The van der Waals surface area contributed by atoms with E-state index in [1.54, 1.807) is 12.1 Å². The second-order valence-corrected chi connectivity index (χ2v) is 19.7. The normalized spacial score (nSPS) is 22.7. The molecule has 76 heavy (non-hydrogen) atoms. The number of benzene rings is 6. The topological polar surface area (TPSA) is 212 Å². The molecule has 0 atom stereocenters. The predicted octanol–water partition coefficient (Wildman–Crippen LogP) is 10.2. The number of aliphatic hydroxyl groups is 1. The fourth-order valence-electron chi connectivity index (χ4n) is 7.36. The van der Waals surface area contributed by atoms with Gasteiger partial charge in [0.1, 0.15) is 24.7 Å². The summed E-state index contributed by atoms with van der Waals surface area (Å²) in [5, 5.41) is 26.9. The highest BCUT2D eigenvalue weighted by Crippen LogP contribution is 2.34. The minimum absolute atomic E-state index is 0.0918. The fourth-order valence-corrected chi connectivity index (χ4v) is 7.36. The number of ether oxygens (including phenoxy) is 9. The molecule has 0 saturated carbocycles. The van der Waals surface area contributed by atoms with Gasteiger partial charge in [-0.2, -0.15) is 0 Å². The maximum atomic E-state index is 12.1. The summed E-state index contributed by atoms with van der Waals surface area (Å²) in [6.07, 6.45) is -1.02. The maximum Gasteiger partial charge on any atom is 0.338 e. The van der Waals surface area contributed by atoms with E-state index in [0.717, 1.165) is 22.3 Å². The zero-order chi connectivity index (χ0) is 54.6. The number of rotatable bonds is 12. The van der Waals surface area contributed by atoms with Gasteiger partial charge in [0.25, 0.3) is 0 Å². The molecule has 3 aliphatic rings. The van der Waals surface area contributed by atoms with Gasteiger partial charge in [-0.15, -0.1) is 0 Å². The molecule has 9 rings (SSSR count). The van der Waals surface area contributed by atoms with Crippen molar-refractivity contribution >= 4 is 23.9 Å². The molecule has 3 aliphatic heterocycles. The third-order valence-electron chi connectivity index (χ3n) is 12.0. The Balaban J connectivity index is 0.000000170. The number of esters is 3. The lowest BCUT2D eigenvalue weighted by atomic mass is 9.93. The van der Waals surface area contributed by atoms with Crippen LogP contribution in [0.3, 0.4) is 0 Å². The van der Waals surface area contributed by atoms with Crippen LogP contribution in [-0.2, 0) is 42.7 Å². The van der Waals surface area contributed by atoms with E-state index in [9.17, 15) is 24.3 Å². The van der Waals surface area contributed by atoms with Crippen LogP contribution in [0.15, 0.2) is 164 Å². The quantitative estimate of drug-likeness (QED) is 0.0768. The van der Waals surface area contributed by atoms with E-state index in [2.05, 4.69) is 0 Å². The predicted molar refractivity (Wildman–Crippen MR) is 279 cm³/mol. The molecule has 16 nitrogen and oxygen atoms in total. The summed E-state index contributed by atoms with van der Waals surface area (Å²) in [5.74, 6) is -1.72. The van der Waals surface area contributed by atoms with E-state index >= 15 is 0 Å². The zero-order valence-corrected chi connectivity index (χ0v) is 43.3. The van der Waals surface area contributed by atoms with Crippen LogP contribution in [-0.4, -0.2) is 98.7 Å². The van der Waals surface area contributed by atoms with E-state index in [4.69, 9.17) is 52.8 Å². The third kappa shape index (κ3) is 18.2. The molecule has 3 fully saturated rings. The molecule has 0 radical (unpaired) electrons. The summed E-state index contributed by atoms with van der Waals surface area (Å²) >= 11 is 0. The highest BCUT2D eigenvalue weighted by Gasteiger charge is 2.37. The lowest BCUT2D eigenvalue weighted by molar-refractivity contribution is -0.236. The molecule has 3 N–H and O–H groups in total. The van der Waals surface area contributed by atoms with Gasteiger partial charge in [0.15, 0.2) is 18.9 Å². The zero-order valence-electron chi connectivity index (χ0n) is 43.3. The van der Waals surface area contributed by atoms with Crippen molar-refractivity contribution in [2.45, 2.75) is 53.5 Å². The summed E-state index contributed by atoms with van der Waals surface area (Å²) in [6.45, 7) is 12.6. The van der Waals surface area contributed by atoms with Gasteiger partial charge >= 0.3 is 23.9 Å². The number of hydrogen-bond donors (Lipinski definition) is 3. The van der Waals surface area contributed by atoms with Crippen LogP contribution in [0.1, 0.15) is 99.9 Å². The first-order chi connectivity index (χ1) is 36.4. The number of aromatic carboxylic acids is 1. The Kier molecular flexibility index (Phi) is 21.4. The van der Waals surface area contributed by atoms with Crippen molar-refractivity contribution in [1.29, 1.82) is 0 Å². The van der Waals surface area contributed by atoms with E-state index in [1.807, 2.05) is 131 Å². The first-order valence-corrected chi connectivity index (χ1v) is 24.6. The molecule has 402 valence electrons. The van der Waals surface area contributed by atoms with Gasteiger partial charge in [0, 0.05) is 39.9 Å². The van der Waals surface area contributed by atoms with E-state index < -0.39 is 23.3 Å². The van der Waals surface area contributed by atoms with Crippen molar-refractivity contribution in [3.05, 3.63) is 203 Å². The minimum Gasteiger partial charge on any atom is -0.508 e. The minimum atomic E-state index is -1.01. The number of aromatic hydroxyl groups is 1.